The standard InChI is InChI=1S/C5H5NO2.Li.H/c7-5(8)4-2-1-3-6-4;;/h1-3,6H,(H,7,8);;. The zero-order valence-corrected chi connectivity index (χ0v) is 4.09. The molecule has 1 rings (SSSR count). The first kappa shape index (κ1) is 8.35. The fourth-order valence-electron chi connectivity index (χ4n) is 0.463. The second kappa shape index (κ2) is 3.39. The van der Waals surface area contributed by atoms with Crippen molar-refractivity contribution in [2.24, 2.45) is 0 Å². The second-order valence-electron chi connectivity index (χ2n) is 1.39. The Hall–Kier alpha value is -0.653. The molecule has 44 valence electrons. The Morgan fingerprint density at radius 3 is 2.56 bits per heavy atom. The van der Waals surface area contributed by atoms with Crippen LogP contribution in [0.5, 0.6) is 0 Å². The zero-order valence-electron chi connectivity index (χ0n) is 4.09. The second-order valence-corrected chi connectivity index (χ2v) is 1.39. The van der Waals surface area contributed by atoms with Crippen LogP contribution in [-0.2, 0) is 0 Å². The molecule has 4 heteroatoms. The number of hydrogen-bond donors (Lipinski definition) is 2. The fraction of sp³-hybridized carbons (Fsp3) is 0. The van der Waals surface area contributed by atoms with E-state index in [1.807, 2.05) is 0 Å². The van der Waals surface area contributed by atoms with E-state index in [0.29, 0.717) is 0 Å². The van der Waals surface area contributed by atoms with Crippen LogP contribution in [0.1, 0.15) is 10.5 Å². The Labute approximate surface area is 64.3 Å². The Morgan fingerprint density at radius 1 is 1.67 bits per heavy atom. The summed E-state index contributed by atoms with van der Waals surface area (Å²) in [5, 5.41) is 8.24. The predicted octanol–water partition coefficient (Wildman–Crippen LogP) is 0.0644. The van der Waals surface area contributed by atoms with Gasteiger partial charge in [0.05, 0.1) is 0 Å². The van der Waals surface area contributed by atoms with Crippen molar-refractivity contribution in [3.63, 3.8) is 0 Å². The normalized spacial score (nSPS) is 8.00. The summed E-state index contributed by atoms with van der Waals surface area (Å²) in [6, 6.07) is 3.14. The van der Waals surface area contributed by atoms with E-state index >= 15 is 0 Å². The minimum absolute atomic E-state index is 0. The molecule has 0 fully saturated rings. The molecule has 3 nitrogen and oxygen atoms in total. The van der Waals surface area contributed by atoms with Crippen molar-refractivity contribution in [2.45, 2.75) is 0 Å². The van der Waals surface area contributed by atoms with Crippen molar-refractivity contribution in [1.82, 2.24) is 4.98 Å². The molecule has 0 aliphatic heterocycles. The number of carboxylic acids is 1. The molecule has 9 heavy (non-hydrogen) atoms. The molecule has 1 aromatic heterocycles. The number of aromatic amines is 1. The van der Waals surface area contributed by atoms with E-state index < -0.39 is 5.97 Å². The molecule has 0 unspecified atom stereocenters. The molecule has 0 aromatic carbocycles. The van der Waals surface area contributed by atoms with Crippen LogP contribution in [0.15, 0.2) is 18.3 Å². The molecule has 0 bridgehead atoms. The Bertz CT molecular complexity index is 183. The van der Waals surface area contributed by atoms with E-state index in [2.05, 4.69) is 4.98 Å². The molecule has 0 atom stereocenters. The Balaban J connectivity index is 0.000000640. The summed E-state index contributed by atoms with van der Waals surface area (Å²) in [6.45, 7) is 0. The van der Waals surface area contributed by atoms with Gasteiger partial charge in [0, 0.05) is 6.20 Å². The average molecular weight is 119 g/mol. The van der Waals surface area contributed by atoms with E-state index in [1.54, 1.807) is 12.3 Å². The van der Waals surface area contributed by atoms with E-state index in [-0.39, 0.29) is 24.6 Å². The van der Waals surface area contributed by atoms with Gasteiger partial charge in [-0.2, -0.15) is 0 Å². The van der Waals surface area contributed by atoms with Gasteiger partial charge in [0.15, 0.2) is 0 Å². The van der Waals surface area contributed by atoms with Crippen LogP contribution in [0.3, 0.4) is 0 Å². The predicted molar refractivity (Wildman–Crippen MR) is 34.9 cm³/mol. The summed E-state index contributed by atoms with van der Waals surface area (Å²) in [7, 11) is 0. The number of hydrogen-bond acceptors (Lipinski definition) is 1. The van der Waals surface area contributed by atoms with Crippen molar-refractivity contribution in [2.75, 3.05) is 0 Å². The molecule has 0 radical (unpaired) electrons. The van der Waals surface area contributed by atoms with Gasteiger partial charge in [0.1, 0.15) is 5.69 Å². The molecule has 0 amide bonds. The van der Waals surface area contributed by atoms with Crippen molar-refractivity contribution >= 4 is 24.8 Å². The molecule has 0 spiro atoms. The molecule has 1 heterocycles. The Morgan fingerprint density at radius 2 is 2.33 bits per heavy atom. The van der Waals surface area contributed by atoms with Crippen LogP contribution in [0.4, 0.5) is 0 Å². The van der Waals surface area contributed by atoms with E-state index in [9.17, 15) is 4.79 Å². The van der Waals surface area contributed by atoms with Gasteiger partial charge in [-0.3, -0.25) is 0 Å². The average Bonchev–Trinajstić information content (AvgIpc) is 2.12. The molecule has 0 aliphatic rings. The quantitative estimate of drug-likeness (QED) is 0.514. The first-order chi connectivity index (χ1) is 3.80. The maximum atomic E-state index is 10.0. The van der Waals surface area contributed by atoms with Crippen LogP contribution in [0.25, 0.3) is 0 Å². The van der Waals surface area contributed by atoms with Crippen molar-refractivity contribution < 1.29 is 9.90 Å². The topological polar surface area (TPSA) is 53.1 Å². The van der Waals surface area contributed by atoms with Gasteiger partial charge in [0.25, 0.3) is 0 Å². The summed E-state index contributed by atoms with van der Waals surface area (Å²) in [6.07, 6.45) is 1.57. The monoisotopic (exact) mass is 119 g/mol. The van der Waals surface area contributed by atoms with Crippen LogP contribution in [0.2, 0.25) is 0 Å². The zero-order chi connectivity index (χ0) is 5.98. The van der Waals surface area contributed by atoms with Gasteiger partial charge < -0.3 is 10.1 Å². The van der Waals surface area contributed by atoms with Crippen LogP contribution in [0, 0.1) is 0 Å². The molecule has 0 saturated heterocycles. The van der Waals surface area contributed by atoms with E-state index in [4.69, 9.17) is 5.11 Å². The number of aromatic nitrogens is 1. The van der Waals surface area contributed by atoms with Crippen molar-refractivity contribution in [1.29, 1.82) is 0 Å². The SMILES string of the molecule is O=C(O)c1ccc[nH]1.[LiH]. The third-order valence-electron chi connectivity index (χ3n) is 0.828. The van der Waals surface area contributed by atoms with Crippen LogP contribution in [-0.4, -0.2) is 34.9 Å². The number of aromatic carboxylic acids is 1. The van der Waals surface area contributed by atoms with Gasteiger partial charge in [-0.15, -0.1) is 0 Å². The number of H-pyrrole nitrogens is 1. The molecule has 2 N–H and O–H groups in total. The van der Waals surface area contributed by atoms with Gasteiger partial charge in [-0.1, -0.05) is 0 Å². The van der Waals surface area contributed by atoms with Crippen molar-refractivity contribution in [3.05, 3.63) is 24.0 Å². The van der Waals surface area contributed by atoms with Crippen LogP contribution >= 0.6 is 0 Å². The molecular formula is C5H6LiNO2. The summed E-state index contributed by atoms with van der Waals surface area (Å²) in [5.41, 5.74) is 0.227. The Kier molecular flexibility index (Phi) is 3.14. The van der Waals surface area contributed by atoms with Crippen molar-refractivity contribution in [3.8, 4) is 0 Å². The molecule has 0 aliphatic carbocycles. The number of carboxylic acid groups (broad SMARTS) is 1. The first-order valence-corrected chi connectivity index (χ1v) is 2.17. The summed E-state index contributed by atoms with van der Waals surface area (Å²) < 4.78 is 0. The molecule has 0 saturated carbocycles. The number of carbonyl (C=O) groups is 1. The van der Waals surface area contributed by atoms with E-state index in [0.717, 1.165) is 0 Å². The number of nitrogens with one attached hydrogen (secondary N) is 1. The summed E-state index contributed by atoms with van der Waals surface area (Å²) in [5.74, 6) is -0.921. The fourth-order valence-corrected chi connectivity index (χ4v) is 0.463. The van der Waals surface area contributed by atoms with E-state index in [1.165, 1.54) is 6.07 Å². The molecular weight excluding hydrogens is 113 g/mol. The number of rotatable bonds is 1. The maximum absolute atomic E-state index is 10.0. The third-order valence-corrected chi connectivity index (χ3v) is 0.828. The van der Waals surface area contributed by atoms with Crippen LogP contribution < -0.4 is 0 Å². The van der Waals surface area contributed by atoms with Gasteiger partial charge in [-0.25, -0.2) is 4.79 Å². The molecule has 1 aromatic rings. The third kappa shape index (κ3) is 1.96. The van der Waals surface area contributed by atoms with Gasteiger partial charge in [-0.05, 0) is 12.1 Å². The minimum atomic E-state index is -0.921. The first-order valence-electron chi connectivity index (χ1n) is 2.17. The van der Waals surface area contributed by atoms with Gasteiger partial charge >= 0.3 is 24.8 Å². The van der Waals surface area contributed by atoms with Gasteiger partial charge in [0.2, 0.25) is 0 Å². The summed E-state index contributed by atoms with van der Waals surface area (Å²) >= 11 is 0. The summed E-state index contributed by atoms with van der Waals surface area (Å²) in [4.78, 5) is 12.6.